The maximum Gasteiger partial charge on any atom is 0.252 e. The summed E-state index contributed by atoms with van der Waals surface area (Å²) >= 11 is 0. The SMILES string of the molecule is COc1nc(Nc2cc3cccc(NCCCO)c3cn2)cnc1C#N. The molecule has 0 saturated heterocycles. The number of benzene rings is 1. The van der Waals surface area contributed by atoms with Crippen LogP contribution in [0.1, 0.15) is 12.1 Å². The second kappa shape index (κ2) is 8.09. The normalized spacial score (nSPS) is 10.3. The van der Waals surface area contributed by atoms with E-state index in [-0.39, 0.29) is 18.2 Å². The molecular weight excluding hydrogens is 332 g/mol. The number of ether oxygens (including phenoxy) is 1. The molecule has 2 heterocycles. The number of methoxy groups -OCH3 is 1. The van der Waals surface area contributed by atoms with E-state index in [4.69, 9.17) is 15.1 Å². The fourth-order valence-corrected chi connectivity index (χ4v) is 2.48. The number of fused-ring (bicyclic) bond motifs is 1. The Bertz CT molecular complexity index is 954. The van der Waals surface area contributed by atoms with Gasteiger partial charge >= 0.3 is 0 Å². The van der Waals surface area contributed by atoms with Gasteiger partial charge in [0.05, 0.1) is 13.3 Å². The monoisotopic (exact) mass is 350 g/mol. The molecule has 3 aromatic rings. The number of rotatable bonds is 7. The Morgan fingerprint density at radius 2 is 2.12 bits per heavy atom. The van der Waals surface area contributed by atoms with Crippen molar-refractivity contribution in [1.82, 2.24) is 15.0 Å². The molecule has 0 unspecified atom stereocenters. The van der Waals surface area contributed by atoms with Crippen LogP contribution in [0.25, 0.3) is 10.8 Å². The first-order valence-electron chi connectivity index (χ1n) is 8.07. The van der Waals surface area contributed by atoms with E-state index in [1.165, 1.54) is 13.3 Å². The van der Waals surface area contributed by atoms with Crippen LogP contribution in [0.15, 0.2) is 36.7 Å². The van der Waals surface area contributed by atoms with Crippen LogP contribution < -0.4 is 15.4 Å². The van der Waals surface area contributed by atoms with E-state index in [0.29, 0.717) is 24.6 Å². The Morgan fingerprint density at radius 1 is 1.23 bits per heavy atom. The van der Waals surface area contributed by atoms with Crippen LogP contribution in [-0.2, 0) is 0 Å². The number of pyridine rings is 1. The molecule has 0 spiro atoms. The summed E-state index contributed by atoms with van der Waals surface area (Å²) in [7, 11) is 1.44. The minimum atomic E-state index is 0.128. The molecule has 0 aliphatic carbocycles. The first-order valence-corrected chi connectivity index (χ1v) is 8.07. The molecule has 26 heavy (non-hydrogen) atoms. The Labute approximate surface area is 150 Å². The van der Waals surface area contributed by atoms with E-state index >= 15 is 0 Å². The van der Waals surface area contributed by atoms with Crippen LogP contribution in [-0.4, -0.2) is 40.3 Å². The number of anilines is 3. The van der Waals surface area contributed by atoms with E-state index in [1.54, 1.807) is 6.20 Å². The Kier molecular flexibility index (Phi) is 5.41. The third-order valence-electron chi connectivity index (χ3n) is 3.71. The van der Waals surface area contributed by atoms with Crippen molar-refractivity contribution >= 4 is 28.1 Å². The number of nitrogens with one attached hydrogen (secondary N) is 2. The Morgan fingerprint density at radius 3 is 2.88 bits per heavy atom. The summed E-state index contributed by atoms with van der Waals surface area (Å²) < 4.78 is 5.06. The summed E-state index contributed by atoms with van der Waals surface area (Å²) in [5.74, 6) is 1.20. The molecule has 8 heteroatoms. The van der Waals surface area contributed by atoms with Gasteiger partial charge < -0.3 is 20.5 Å². The van der Waals surface area contributed by atoms with Crippen molar-refractivity contribution < 1.29 is 9.84 Å². The minimum Gasteiger partial charge on any atom is -0.479 e. The van der Waals surface area contributed by atoms with Crippen molar-refractivity contribution in [2.75, 3.05) is 30.9 Å². The fourth-order valence-electron chi connectivity index (χ4n) is 2.48. The lowest BCUT2D eigenvalue weighted by atomic mass is 10.1. The molecule has 3 N–H and O–H groups in total. The van der Waals surface area contributed by atoms with Gasteiger partial charge in [0.2, 0.25) is 5.69 Å². The van der Waals surface area contributed by atoms with Crippen LogP contribution in [0.4, 0.5) is 17.3 Å². The zero-order chi connectivity index (χ0) is 18.4. The van der Waals surface area contributed by atoms with Gasteiger partial charge in [-0.1, -0.05) is 12.1 Å². The lowest BCUT2D eigenvalue weighted by Gasteiger charge is -2.11. The predicted octanol–water partition coefficient (Wildman–Crippen LogP) is 2.44. The van der Waals surface area contributed by atoms with Crippen molar-refractivity contribution in [3.05, 3.63) is 42.4 Å². The average molecular weight is 350 g/mol. The predicted molar refractivity (Wildman–Crippen MR) is 98.5 cm³/mol. The van der Waals surface area contributed by atoms with E-state index in [2.05, 4.69) is 25.6 Å². The number of hydrogen-bond acceptors (Lipinski definition) is 8. The fraction of sp³-hybridized carbons (Fsp3) is 0.222. The van der Waals surface area contributed by atoms with E-state index < -0.39 is 0 Å². The molecule has 1 aromatic carbocycles. The molecule has 0 bridgehead atoms. The van der Waals surface area contributed by atoms with Gasteiger partial charge in [0, 0.05) is 30.4 Å². The van der Waals surface area contributed by atoms with Crippen molar-refractivity contribution in [2.24, 2.45) is 0 Å². The molecule has 2 aromatic heterocycles. The number of nitrogens with zero attached hydrogens (tertiary/aromatic N) is 4. The molecule has 3 rings (SSSR count). The first-order chi connectivity index (χ1) is 12.7. The van der Waals surface area contributed by atoms with Crippen LogP contribution in [0.2, 0.25) is 0 Å². The summed E-state index contributed by atoms with van der Waals surface area (Å²) in [6, 6.07) is 9.75. The lowest BCUT2D eigenvalue weighted by molar-refractivity contribution is 0.292. The molecule has 0 atom stereocenters. The smallest absolute Gasteiger partial charge is 0.252 e. The summed E-state index contributed by atoms with van der Waals surface area (Å²) in [4.78, 5) is 12.6. The van der Waals surface area contributed by atoms with E-state index in [1.807, 2.05) is 30.3 Å². The van der Waals surface area contributed by atoms with Crippen LogP contribution in [0.5, 0.6) is 5.88 Å². The van der Waals surface area contributed by atoms with Crippen LogP contribution in [0, 0.1) is 11.3 Å². The number of aliphatic hydroxyl groups is 1. The molecule has 0 aliphatic rings. The van der Waals surface area contributed by atoms with Gasteiger partial charge in [0.25, 0.3) is 5.88 Å². The lowest BCUT2D eigenvalue weighted by Crippen LogP contribution is -2.04. The summed E-state index contributed by atoms with van der Waals surface area (Å²) in [6.45, 7) is 0.843. The Balaban J connectivity index is 1.85. The van der Waals surface area contributed by atoms with Gasteiger partial charge in [-0.15, -0.1) is 0 Å². The molecule has 0 radical (unpaired) electrons. The highest BCUT2D eigenvalue weighted by Gasteiger charge is 2.09. The van der Waals surface area contributed by atoms with Crippen molar-refractivity contribution in [2.45, 2.75) is 6.42 Å². The molecule has 0 saturated carbocycles. The number of aliphatic hydroxyl groups excluding tert-OH is 1. The highest BCUT2D eigenvalue weighted by molar-refractivity contribution is 5.94. The largest absolute Gasteiger partial charge is 0.479 e. The molecule has 132 valence electrons. The number of aromatic nitrogens is 3. The van der Waals surface area contributed by atoms with Gasteiger partial charge in [-0.3, -0.25) is 0 Å². The minimum absolute atomic E-state index is 0.128. The van der Waals surface area contributed by atoms with E-state index in [0.717, 1.165) is 16.5 Å². The third kappa shape index (κ3) is 3.79. The standard InChI is InChI=1S/C18H18N6O2/c1-26-18-15(9-19)21-11-17(24-18)23-16-8-12-4-2-5-14(13(12)10-22-16)20-6-3-7-25/h2,4-5,8,10-11,20,25H,3,6-7H2,1H3,(H,22,23,24). The molecule has 8 nitrogen and oxygen atoms in total. The van der Waals surface area contributed by atoms with E-state index in [9.17, 15) is 0 Å². The van der Waals surface area contributed by atoms with Gasteiger partial charge in [-0.05, 0) is 23.9 Å². The van der Waals surface area contributed by atoms with Gasteiger partial charge in [-0.25, -0.2) is 9.97 Å². The number of hydrogen-bond donors (Lipinski definition) is 3. The van der Waals surface area contributed by atoms with Gasteiger partial charge in [0.1, 0.15) is 11.9 Å². The number of nitriles is 1. The highest BCUT2D eigenvalue weighted by atomic mass is 16.5. The van der Waals surface area contributed by atoms with Crippen molar-refractivity contribution in [3.63, 3.8) is 0 Å². The first kappa shape index (κ1) is 17.4. The Hall–Kier alpha value is -3.44. The van der Waals surface area contributed by atoms with Gasteiger partial charge in [-0.2, -0.15) is 10.2 Å². The maximum absolute atomic E-state index is 8.97. The quantitative estimate of drug-likeness (QED) is 0.556. The third-order valence-corrected chi connectivity index (χ3v) is 3.71. The molecule has 0 aliphatic heterocycles. The second-order valence-electron chi connectivity index (χ2n) is 5.45. The van der Waals surface area contributed by atoms with Crippen molar-refractivity contribution in [3.8, 4) is 11.9 Å². The summed E-state index contributed by atoms with van der Waals surface area (Å²) in [5.41, 5.74) is 1.10. The highest BCUT2D eigenvalue weighted by Crippen LogP contribution is 2.26. The van der Waals surface area contributed by atoms with Crippen LogP contribution >= 0.6 is 0 Å². The van der Waals surface area contributed by atoms with Gasteiger partial charge in [0.15, 0.2) is 5.82 Å². The molecule has 0 amide bonds. The molecular formula is C18H18N6O2. The van der Waals surface area contributed by atoms with Crippen LogP contribution in [0.3, 0.4) is 0 Å². The zero-order valence-electron chi connectivity index (χ0n) is 14.2. The average Bonchev–Trinajstić information content (AvgIpc) is 2.68. The topological polar surface area (TPSA) is 116 Å². The maximum atomic E-state index is 8.97. The molecule has 0 fully saturated rings. The van der Waals surface area contributed by atoms with Crippen molar-refractivity contribution in [1.29, 1.82) is 5.26 Å². The second-order valence-corrected chi connectivity index (χ2v) is 5.45. The summed E-state index contributed by atoms with van der Waals surface area (Å²) in [5, 5.41) is 26.2. The zero-order valence-corrected chi connectivity index (χ0v) is 14.2. The summed E-state index contributed by atoms with van der Waals surface area (Å²) in [6.07, 6.45) is 3.91.